The van der Waals surface area contributed by atoms with Gasteiger partial charge in [-0.2, -0.15) is 0 Å². The van der Waals surface area contributed by atoms with Crippen LogP contribution >= 0.6 is 0 Å². The fourth-order valence-corrected chi connectivity index (χ4v) is 7.10. The van der Waals surface area contributed by atoms with E-state index in [4.69, 9.17) is 0 Å². The molecule has 5 fully saturated rings. The summed E-state index contributed by atoms with van der Waals surface area (Å²) in [5.41, 5.74) is 1.05. The van der Waals surface area contributed by atoms with Crippen LogP contribution in [0.4, 0.5) is 4.79 Å². The van der Waals surface area contributed by atoms with Crippen LogP contribution in [0.15, 0.2) is 30.3 Å². The molecule has 7 nitrogen and oxygen atoms in total. The van der Waals surface area contributed by atoms with E-state index >= 15 is 0 Å². The van der Waals surface area contributed by atoms with Crippen LogP contribution in [0.25, 0.3) is 0 Å². The van der Waals surface area contributed by atoms with Crippen molar-refractivity contribution < 1.29 is 14.7 Å². The van der Waals surface area contributed by atoms with Gasteiger partial charge < -0.3 is 25.1 Å². The molecule has 3 aliphatic heterocycles. The third-order valence-electron chi connectivity index (χ3n) is 9.41. The fraction of sp³-hybridized carbons (Fsp3) is 0.714. The van der Waals surface area contributed by atoms with Gasteiger partial charge in [-0.1, -0.05) is 30.3 Å². The second-order valence-electron chi connectivity index (χ2n) is 11.8. The number of aliphatic hydroxyl groups is 1. The number of carbonyl (C=O) groups excluding carboxylic acids is 2. The van der Waals surface area contributed by atoms with E-state index in [9.17, 15) is 14.7 Å². The molecule has 3 unspecified atom stereocenters. The van der Waals surface area contributed by atoms with E-state index in [1.165, 1.54) is 12.0 Å². The van der Waals surface area contributed by atoms with Crippen molar-refractivity contribution in [2.24, 2.45) is 11.3 Å². The highest BCUT2D eigenvalue weighted by Gasteiger charge is 2.52. The minimum absolute atomic E-state index is 0.126. The molecule has 1 spiro atoms. The van der Waals surface area contributed by atoms with E-state index < -0.39 is 0 Å². The van der Waals surface area contributed by atoms with Crippen molar-refractivity contribution in [2.45, 2.75) is 75.5 Å². The van der Waals surface area contributed by atoms with Crippen LogP contribution in [0.1, 0.15) is 62.8 Å². The van der Waals surface area contributed by atoms with Gasteiger partial charge >= 0.3 is 6.03 Å². The molecule has 3 heterocycles. The highest BCUT2D eigenvalue weighted by molar-refractivity contribution is 5.86. The summed E-state index contributed by atoms with van der Waals surface area (Å²) < 4.78 is 0. The molecule has 190 valence electrons. The number of amides is 3. The summed E-state index contributed by atoms with van der Waals surface area (Å²) in [5.74, 6) is 1.43. The van der Waals surface area contributed by atoms with Crippen molar-refractivity contribution in [2.75, 3.05) is 39.3 Å². The lowest BCUT2D eigenvalue weighted by molar-refractivity contribution is -0.141. The maximum absolute atomic E-state index is 13.5. The van der Waals surface area contributed by atoms with Crippen molar-refractivity contribution in [1.82, 2.24) is 20.0 Å². The molecule has 0 radical (unpaired) electrons. The molecule has 0 bridgehead atoms. The molecule has 2 aliphatic carbocycles. The molecule has 6 rings (SSSR count). The number of aliphatic hydroxyl groups excluding tert-OH is 1. The molecule has 3 amide bonds. The van der Waals surface area contributed by atoms with Crippen molar-refractivity contribution in [3.8, 4) is 0 Å². The Labute approximate surface area is 208 Å². The monoisotopic (exact) mass is 480 g/mol. The van der Waals surface area contributed by atoms with E-state index in [2.05, 4.69) is 40.5 Å². The Kier molecular flexibility index (Phi) is 6.25. The summed E-state index contributed by atoms with van der Waals surface area (Å²) in [6, 6.07) is 11.7. The number of benzene rings is 1. The molecule has 1 aromatic rings. The lowest BCUT2D eigenvalue weighted by Gasteiger charge is -2.46. The third kappa shape index (κ3) is 4.57. The molecule has 5 aliphatic rings. The molecule has 2 N–H and O–H groups in total. The summed E-state index contributed by atoms with van der Waals surface area (Å²) in [6.07, 6.45) is 7.09. The Bertz CT molecular complexity index is 927. The minimum atomic E-state index is -0.381. The van der Waals surface area contributed by atoms with Gasteiger partial charge in [0.15, 0.2) is 0 Å². The Morgan fingerprint density at radius 3 is 2.57 bits per heavy atom. The lowest BCUT2D eigenvalue weighted by atomic mass is 9.78. The smallest absolute Gasteiger partial charge is 0.320 e. The minimum Gasteiger partial charge on any atom is -0.393 e. The summed E-state index contributed by atoms with van der Waals surface area (Å²) in [6.45, 7) is 4.78. The molecule has 2 saturated carbocycles. The van der Waals surface area contributed by atoms with Gasteiger partial charge in [-0.25, -0.2) is 4.79 Å². The zero-order valence-electron chi connectivity index (χ0n) is 20.8. The number of nitrogens with one attached hydrogen (secondary N) is 1. The van der Waals surface area contributed by atoms with Gasteiger partial charge in [0, 0.05) is 63.2 Å². The molecule has 7 heteroatoms. The van der Waals surface area contributed by atoms with E-state index in [1.54, 1.807) is 0 Å². The number of likely N-dealkylation sites (tertiary alicyclic amines) is 3. The first-order chi connectivity index (χ1) is 17.0. The Morgan fingerprint density at radius 1 is 1.03 bits per heavy atom. The first-order valence-electron chi connectivity index (χ1n) is 13.8. The van der Waals surface area contributed by atoms with Crippen molar-refractivity contribution in [3.05, 3.63) is 35.9 Å². The summed E-state index contributed by atoms with van der Waals surface area (Å²) in [5, 5.41) is 13.6. The first-order valence-corrected chi connectivity index (χ1v) is 13.8. The topological polar surface area (TPSA) is 76.1 Å². The van der Waals surface area contributed by atoms with Gasteiger partial charge in [0.05, 0.1) is 11.5 Å². The number of hydrogen-bond acceptors (Lipinski definition) is 4. The predicted molar refractivity (Wildman–Crippen MR) is 134 cm³/mol. The SMILES string of the molecule is O=C(N1CC(CNC2CC2c2ccccc2)C1)N1CCCC2(CCN(C3CCC(O)CC3)C2=O)C1. The molecular formula is C28H40N4O3. The number of hydrogen-bond donors (Lipinski definition) is 2. The van der Waals surface area contributed by atoms with Crippen LogP contribution in [0, 0.1) is 11.3 Å². The normalized spacial score (nSPS) is 35.5. The van der Waals surface area contributed by atoms with Crippen LogP contribution < -0.4 is 5.32 Å². The van der Waals surface area contributed by atoms with E-state index in [0.29, 0.717) is 24.4 Å². The van der Waals surface area contributed by atoms with Crippen molar-refractivity contribution in [1.29, 1.82) is 0 Å². The molecule has 3 atom stereocenters. The van der Waals surface area contributed by atoms with Gasteiger partial charge in [-0.05, 0) is 56.9 Å². The number of carbonyl (C=O) groups is 2. The molecular weight excluding hydrogens is 440 g/mol. The average molecular weight is 481 g/mol. The maximum atomic E-state index is 13.5. The zero-order valence-corrected chi connectivity index (χ0v) is 20.8. The van der Waals surface area contributed by atoms with Crippen LogP contribution in [0.2, 0.25) is 0 Å². The highest BCUT2D eigenvalue weighted by Crippen LogP contribution is 2.43. The van der Waals surface area contributed by atoms with Gasteiger partial charge in [0.2, 0.25) is 5.91 Å². The molecule has 3 saturated heterocycles. The van der Waals surface area contributed by atoms with Gasteiger partial charge in [-0.15, -0.1) is 0 Å². The van der Waals surface area contributed by atoms with Crippen molar-refractivity contribution >= 4 is 11.9 Å². The fourth-order valence-electron chi connectivity index (χ4n) is 7.10. The Morgan fingerprint density at radius 2 is 1.80 bits per heavy atom. The van der Waals surface area contributed by atoms with Crippen LogP contribution in [-0.2, 0) is 4.79 Å². The number of urea groups is 1. The summed E-state index contributed by atoms with van der Waals surface area (Å²) in [7, 11) is 0. The second kappa shape index (κ2) is 9.40. The predicted octanol–water partition coefficient (Wildman–Crippen LogP) is 2.80. The van der Waals surface area contributed by atoms with Crippen LogP contribution in [0.3, 0.4) is 0 Å². The number of piperidine rings is 1. The van der Waals surface area contributed by atoms with Gasteiger partial charge in [0.1, 0.15) is 0 Å². The Balaban J connectivity index is 0.966. The molecule has 35 heavy (non-hydrogen) atoms. The van der Waals surface area contributed by atoms with Gasteiger partial charge in [-0.3, -0.25) is 4.79 Å². The highest BCUT2D eigenvalue weighted by atomic mass is 16.3. The van der Waals surface area contributed by atoms with Crippen LogP contribution in [-0.4, -0.2) is 89.2 Å². The summed E-state index contributed by atoms with van der Waals surface area (Å²) >= 11 is 0. The zero-order chi connectivity index (χ0) is 24.0. The van der Waals surface area contributed by atoms with Crippen molar-refractivity contribution in [3.63, 3.8) is 0 Å². The van der Waals surface area contributed by atoms with E-state index in [1.807, 2.05) is 9.80 Å². The molecule has 0 aromatic heterocycles. The first kappa shape index (κ1) is 23.3. The number of rotatable bonds is 5. The number of nitrogens with zero attached hydrogens (tertiary/aromatic N) is 3. The lowest BCUT2D eigenvalue weighted by Crippen LogP contribution is -2.60. The summed E-state index contributed by atoms with van der Waals surface area (Å²) in [4.78, 5) is 32.8. The molecule has 1 aromatic carbocycles. The second-order valence-corrected chi connectivity index (χ2v) is 11.8. The largest absolute Gasteiger partial charge is 0.393 e. The van der Waals surface area contributed by atoms with Gasteiger partial charge in [0.25, 0.3) is 0 Å². The average Bonchev–Trinajstić information content (AvgIpc) is 3.58. The Hall–Kier alpha value is -2.12. The van der Waals surface area contributed by atoms with E-state index in [0.717, 1.165) is 77.7 Å². The quantitative estimate of drug-likeness (QED) is 0.680. The third-order valence-corrected chi connectivity index (χ3v) is 9.41. The van der Waals surface area contributed by atoms with E-state index in [-0.39, 0.29) is 29.5 Å². The standard InChI is InChI=1S/C28H40N4O3/c33-23-9-7-22(8-10-23)32-14-12-28(26(32)34)11-4-13-30(19-28)27(35)31-17-20(18-31)16-29-25-15-24(25)21-5-2-1-3-6-21/h1-3,5-6,20,22-25,29,33H,4,7-19H2. The maximum Gasteiger partial charge on any atom is 0.320 e. The van der Waals surface area contributed by atoms with Crippen LogP contribution in [0.5, 0.6) is 0 Å².